The van der Waals surface area contributed by atoms with Gasteiger partial charge >= 0.3 is 12.1 Å². The number of thiophene rings is 1. The van der Waals surface area contributed by atoms with E-state index in [9.17, 15) is 22.8 Å². The summed E-state index contributed by atoms with van der Waals surface area (Å²) in [7, 11) is 0. The smallest absolute Gasteiger partial charge is 0.416 e. The Balaban J connectivity index is 1.76. The zero-order chi connectivity index (χ0) is 26.5. The maximum atomic E-state index is 12.9. The molecule has 1 aromatic heterocycles. The number of carboxylic acid groups (broad SMARTS) is 1. The van der Waals surface area contributed by atoms with Crippen LogP contribution in [0.1, 0.15) is 58.5 Å². The molecule has 5 nitrogen and oxygen atoms in total. The standard InChI is InChI=1S/C27H28F3NO4S/c1-16(2)14-22(23-10-11-24(36-23)26(34)31-13-12-25(32)33)35-20-8-9-21(17(3)15-20)18-4-6-19(7-5-18)27(28,29)30/h4-11,15-16,22H,12-14H2,1-3H3,(H,31,34)(H,32,33)/t22-/m1/s1. The summed E-state index contributed by atoms with van der Waals surface area (Å²) in [4.78, 5) is 24.3. The minimum absolute atomic E-state index is 0.0535. The summed E-state index contributed by atoms with van der Waals surface area (Å²) in [5.74, 6) is -0.369. The molecule has 192 valence electrons. The molecule has 2 aromatic carbocycles. The number of carbonyl (C=O) groups excluding carboxylic acids is 1. The van der Waals surface area contributed by atoms with E-state index >= 15 is 0 Å². The van der Waals surface area contributed by atoms with Gasteiger partial charge in [-0.1, -0.05) is 32.0 Å². The van der Waals surface area contributed by atoms with Crippen LogP contribution < -0.4 is 10.1 Å². The van der Waals surface area contributed by atoms with Gasteiger partial charge in [-0.15, -0.1) is 11.3 Å². The monoisotopic (exact) mass is 519 g/mol. The molecule has 1 amide bonds. The summed E-state index contributed by atoms with van der Waals surface area (Å²) in [5.41, 5.74) is 1.67. The average Bonchev–Trinajstić information content (AvgIpc) is 3.28. The maximum absolute atomic E-state index is 12.9. The molecular formula is C27H28F3NO4S. The number of aliphatic carboxylic acids is 1. The van der Waals surface area contributed by atoms with Crippen molar-refractivity contribution in [3.63, 3.8) is 0 Å². The molecule has 36 heavy (non-hydrogen) atoms. The summed E-state index contributed by atoms with van der Waals surface area (Å²) in [5, 5.41) is 11.3. The largest absolute Gasteiger partial charge is 0.485 e. The molecule has 1 heterocycles. The third-order valence-corrected chi connectivity index (χ3v) is 6.65. The van der Waals surface area contributed by atoms with E-state index in [-0.39, 0.29) is 25.0 Å². The number of amides is 1. The van der Waals surface area contributed by atoms with Crippen LogP contribution in [0.3, 0.4) is 0 Å². The summed E-state index contributed by atoms with van der Waals surface area (Å²) < 4.78 is 44.9. The SMILES string of the molecule is Cc1cc(O[C@H](CC(C)C)c2ccc(C(=O)NCCC(=O)O)s2)ccc1-c1ccc(C(F)(F)F)cc1. The van der Waals surface area contributed by atoms with Crippen molar-refractivity contribution in [1.82, 2.24) is 5.32 Å². The summed E-state index contributed by atoms with van der Waals surface area (Å²) in [6.07, 6.45) is -4.12. The molecule has 0 saturated heterocycles. The fraction of sp³-hybridized carbons (Fsp3) is 0.333. The van der Waals surface area contributed by atoms with Crippen molar-refractivity contribution in [3.8, 4) is 16.9 Å². The number of rotatable bonds is 10. The Morgan fingerprint density at radius 1 is 1.06 bits per heavy atom. The van der Waals surface area contributed by atoms with Crippen molar-refractivity contribution in [1.29, 1.82) is 0 Å². The van der Waals surface area contributed by atoms with Crippen molar-refractivity contribution in [2.45, 2.75) is 45.9 Å². The summed E-state index contributed by atoms with van der Waals surface area (Å²) in [6, 6.07) is 14.1. The van der Waals surface area contributed by atoms with Crippen LogP contribution in [0.15, 0.2) is 54.6 Å². The number of carbonyl (C=O) groups is 2. The first-order valence-corrected chi connectivity index (χ1v) is 12.3. The van der Waals surface area contributed by atoms with E-state index in [0.717, 1.165) is 28.1 Å². The van der Waals surface area contributed by atoms with Gasteiger partial charge in [0.1, 0.15) is 11.9 Å². The Morgan fingerprint density at radius 3 is 2.33 bits per heavy atom. The maximum Gasteiger partial charge on any atom is 0.416 e. The zero-order valence-electron chi connectivity index (χ0n) is 20.2. The number of aryl methyl sites for hydroxylation is 1. The van der Waals surface area contributed by atoms with Gasteiger partial charge in [-0.2, -0.15) is 13.2 Å². The van der Waals surface area contributed by atoms with Gasteiger partial charge in [0.15, 0.2) is 0 Å². The number of hydrogen-bond acceptors (Lipinski definition) is 4. The summed E-state index contributed by atoms with van der Waals surface area (Å²) in [6.45, 7) is 6.07. The molecule has 0 saturated carbocycles. The first kappa shape index (κ1) is 27.3. The average molecular weight is 520 g/mol. The van der Waals surface area contributed by atoms with Crippen LogP contribution in [0.25, 0.3) is 11.1 Å². The number of halogens is 3. The quantitative estimate of drug-likeness (QED) is 0.299. The first-order valence-electron chi connectivity index (χ1n) is 11.5. The minimum atomic E-state index is -4.38. The van der Waals surface area contributed by atoms with Crippen LogP contribution in [0.2, 0.25) is 0 Å². The molecule has 9 heteroatoms. The molecule has 0 aliphatic heterocycles. The van der Waals surface area contributed by atoms with Crippen molar-refractivity contribution in [3.05, 3.63) is 75.5 Å². The van der Waals surface area contributed by atoms with Gasteiger partial charge in [-0.25, -0.2) is 0 Å². The van der Waals surface area contributed by atoms with Gasteiger partial charge in [-0.05, 0) is 72.4 Å². The van der Waals surface area contributed by atoms with Crippen molar-refractivity contribution in [2.24, 2.45) is 5.92 Å². The second-order valence-electron chi connectivity index (χ2n) is 8.89. The normalized spacial score (nSPS) is 12.4. The Labute approximate surface area is 211 Å². The van der Waals surface area contributed by atoms with Gasteiger partial charge in [-0.3, -0.25) is 9.59 Å². The van der Waals surface area contributed by atoms with Gasteiger partial charge in [0.25, 0.3) is 5.91 Å². The Morgan fingerprint density at radius 2 is 1.75 bits per heavy atom. The van der Waals surface area contributed by atoms with E-state index in [1.807, 2.05) is 25.1 Å². The zero-order valence-corrected chi connectivity index (χ0v) is 21.0. The number of ether oxygens (including phenoxy) is 1. The van der Waals surface area contributed by atoms with E-state index in [2.05, 4.69) is 19.2 Å². The van der Waals surface area contributed by atoms with Crippen molar-refractivity contribution in [2.75, 3.05) is 6.54 Å². The second kappa shape index (κ2) is 11.6. The fourth-order valence-electron chi connectivity index (χ4n) is 3.70. The highest BCUT2D eigenvalue weighted by molar-refractivity contribution is 7.14. The molecule has 0 unspecified atom stereocenters. The molecule has 3 rings (SSSR count). The van der Waals surface area contributed by atoms with E-state index in [1.54, 1.807) is 12.1 Å². The van der Waals surface area contributed by atoms with Crippen LogP contribution in [0.4, 0.5) is 13.2 Å². The van der Waals surface area contributed by atoms with Gasteiger partial charge in [0, 0.05) is 11.4 Å². The van der Waals surface area contributed by atoms with E-state index < -0.39 is 17.7 Å². The molecule has 0 aliphatic carbocycles. The minimum Gasteiger partial charge on any atom is -0.485 e. The number of benzene rings is 2. The van der Waals surface area contributed by atoms with E-state index in [0.29, 0.717) is 28.5 Å². The fourth-order valence-corrected chi connectivity index (χ4v) is 4.67. The number of nitrogens with one attached hydrogen (secondary N) is 1. The Hall–Kier alpha value is -3.33. The number of hydrogen-bond donors (Lipinski definition) is 2. The molecule has 0 aliphatic rings. The van der Waals surface area contributed by atoms with E-state index in [4.69, 9.17) is 9.84 Å². The second-order valence-corrected chi connectivity index (χ2v) is 10.0. The lowest BCUT2D eigenvalue weighted by Gasteiger charge is -2.21. The highest BCUT2D eigenvalue weighted by Gasteiger charge is 2.30. The van der Waals surface area contributed by atoms with Gasteiger partial charge < -0.3 is 15.2 Å². The number of carboxylic acids is 1. The Bertz CT molecular complexity index is 1200. The molecule has 2 N–H and O–H groups in total. The van der Waals surface area contributed by atoms with Crippen molar-refractivity contribution >= 4 is 23.2 Å². The molecule has 1 atom stereocenters. The topological polar surface area (TPSA) is 75.6 Å². The van der Waals surface area contributed by atoms with Crippen LogP contribution in [-0.4, -0.2) is 23.5 Å². The van der Waals surface area contributed by atoms with Crippen LogP contribution in [0.5, 0.6) is 5.75 Å². The molecule has 0 spiro atoms. The van der Waals surface area contributed by atoms with Crippen LogP contribution in [0, 0.1) is 12.8 Å². The Kier molecular flexibility index (Phi) is 8.79. The predicted octanol–water partition coefficient (Wildman–Crippen LogP) is 7.11. The molecule has 0 fully saturated rings. The van der Waals surface area contributed by atoms with Gasteiger partial charge in [0.05, 0.1) is 16.9 Å². The van der Waals surface area contributed by atoms with Gasteiger partial charge in [0.2, 0.25) is 0 Å². The third-order valence-electron chi connectivity index (χ3n) is 5.48. The van der Waals surface area contributed by atoms with E-state index in [1.165, 1.54) is 23.5 Å². The van der Waals surface area contributed by atoms with Crippen LogP contribution >= 0.6 is 11.3 Å². The molecule has 3 aromatic rings. The first-order chi connectivity index (χ1) is 16.9. The lowest BCUT2D eigenvalue weighted by molar-refractivity contribution is -0.138. The predicted molar refractivity (Wildman–Crippen MR) is 133 cm³/mol. The third kappa shape index (κ3) is 7.34. The number of alkyl halides is 3. The summed E-state index contributed by atoms with van der Waals surface area (Å²) >= 11 is 1.30. The highest BCUT2D eigenvalue weighted by atomic mass is 32.1. The van der Waals surface area contributed by atoms with Crippen molar-refractivity contribution < 1.29 is 32.6 Å². The molecule has 0 radical (unpaired) electrons. The molecular weight excluding hydrogens is 491 g/mol. The highest BCUT2D eigenvalue weighted by Crippen LogP contribution is 2.35. The lowest BCUT2D eigenvalue weighted by atomic mass is 9.99. The lowest BCUT2D eigenvalue weighted by Crippen LogP contribution is -2.25. The molecule has 0 bridgehead atoms. The van der Waals surface area contributed by atoms with Crippen LogP contribution in [-0.2, 0) is 11.0 Å².